The van der Waals surface area contributed by atoms with E-state index in [1.807, 2.05) is 13.2 Å². The molecular formula is C11H24N4. The van der Waals surface area contributed by atoms with Crippen LogP contribution >= 0.6 is 0 Å². The Bertz CT molecular complexity index is 209. The molecule has 4 heteroatoms. The van der Waals surface area contributed by atoms with E-state index >= 15 is 0 Å². The van der Waals surface area contributed by atoms with Crippen LogP contribution in [0.25, 0.3) is 0 Å². The highest BCUT2D eigenvalue weighted by Crippen LogP contribution is 2.01. The largest absolute Gasteiger partial charge is 0.373 e. The minimum Gasteiger partial charge on any atom is -0.373 e. The summed E-state index contributed by atoms with van der Waals surface area (Å²) in [7, 11) is 1.87. The molecule has 0 saturated heterocycles. The first-order valence-corrected chi connectivity index (χ1v) is 5.43. The van der Waals surface area contributed by atoms with Crippen LogP contribution in [0.1, 0.15) is 27.2 Å². The average Bonchev–Trinajstić information content (AvgIpc) is 2.22. The maximum absolute atomic E-state index is 3.93. The van der Waals surface area contributed by atoms with Gasteiger partial charge in [0.05, 0.1) is 0 Å². The van der Waals surface area contributed by atoms with Gasteiger partial charge in [-0.1, -0.05) is 27.4 Å². The van der Waals surface area contributed by atoms with Crippen molar-refractivity contribution >= 4 is 0 Å². The standard InChI is InChI=1S/C11H24N4/c1-6-7-14-15-11(12-5)8-13-10(4)9(2)3/h8-9,12-15H,4,6-7H2,1-3,5H3/b11-8+. The Morgan fingerprint density at radius 2 is 2.07 bits per heavy atom. The molecule has 0 unspecified atom stereocenters. The van der Waals surface area contributed by atoms with Crippen molar-refractivity contribution < 1.29 is 0 Å². The van der Waals surface area contributed by atoms with E-state index in [0.29, 0.717) is 5.92 Å². The Labute approximate surface area is 93.2 Å². The van der Waals surface area contributed by atoms with E-state index in [1.54, 1.807) is 0 Å². The zero-order valence-electron chi connectivity index (χ0n) is 10.3. The molecule has 88 valence electrons. The summed E-state index contributed by atoms with van der Waals surface area (Å²) in [6.45, 7) is 11.2. The number of hydrogen-bond acceptors (Lipinski definition) is 4. The van der Waals surface area contributed by atoms with Crippen LogP contribution < -0.4 is 21.5 Å². The number of rotatable bonds is 8. The maximum Gasteiger partial charge on any atom is 0.129 e. The van der Waals surface area contributed by atoms with Crippen molar-refractivity contribution in [3.05, 3.63) is 24.3 Å². The zero-order chi connectivity index (χ0) is 11.7. The van der Waals surface area contributed by atoms with Gasteiger partial charge in [-0.2, -0.15) is 0 Å². The molecule has 4 N–H and O–H groups in total. The second-order valence-electron chi connectivity index (χ2n) is 3.68. The van der Waals surface area contributed by atoms with E-state index in [9.17, 15) is 0 Å². The molecule has 0 heterocycles. The Morgan fingerprint density at radius 3 is 2.53 bits per heavy atom. The van der Waals surface area contributed by atoms with Crippen LogP contribution in [0.15, 0.2) is 24.3 Å². The minimum absolute atomic E-state index is 0.433. The lowest BCUT2D eigenvalue weighted by Crippen LogP contribution is -2.37. The van der Waals surface area contributed by atoms with E-state index in [0.717, 1.165) is 24.5 Å². The van der Waals surface area contributed by atoms with Gasteiger partial charge >= 0.3 is 0 Å². The number of nitrogens with one attached hydrogen (secondary N) is 4. The maximum atomic E-state index is 3.93. The van der Waals surface area contributed by atoms with Crippen molar-refractivity contribution in [3.8, 4) is 0 Å². The number of hydrazine groups is 1. The quantitative estimate of drug-likeness (QED) is 0.361. The van der Waals surface area contributed by atoms with Gasteiger partial charge < -0.3 is 16.1 Å². The summed E-state index contributed by atoms with van der Waals surface area (Å²) in [5, 5.41) is 6.18. The van der Waals surface area contributed by atoms with Gasteiger partial charge in [-0.05, 0) is 12.3 Å². The molecule has 0 aromatic carbocycles. The van der Waals surface area contributed by atoms with Crippen molar-refractivity contribution in [2.24, 2.45) is 5.92 Å². The summed E-state index contributed by atoms with van der Waals surface area (Å²) in [5.74, 6) is 1.33. The molecule has 0 rings (SSSR count). The Morgan fingerprint density at radius 1 is 1.40 bits per heavy atom. The molecule has 0 saturated carbocycles. The van der Waals surface area contributed by atoms with Crippen molar-refractivity contribution in [2.45, 2.75) is 27.2 Å². The van der Waals surface area contributed by atoms with Crippen molar-refractivity contribution in [1.29, 1.82) is 0 Å². The molecule has 0 amide bonds. The van der Waals surface area contributed by atoms with Crippen molar-refractivity contribution in [3.63, 3.8) is 0 Å². The molecule has 0 aromatic rings. The predicted molar refractivity (Wildman–Crippen MR) is 65.7 cm³/mol. The summed E-state index contributed by atoms with van der Waals surface area (Å²) < 4.78 is 0. The lowest BCUT2D eigenvalue weighted by Gasteiger charge is -2.14. The number of allylic oxidation sites excluding steroid dienone is 1. The molecule has 0 bridgehead atoms. The van der Waals surface area contributed by atoms with E-state index in [2.05, 4.69) is 48.8 Å². The third kappa shape index (κ3) is 6.85. The van der Waals surface area contributed by atoms with Gasteiger partial charge in [0.2, 0.25) is 0 Å². The molecule has 0 radical (unpaired) electrons. The first-order chi connectivity index (χ1) is 7.11. The van der Waals surface area contributed by atoms with Crippen LogP contribution in [0.5, 0.6) is 0 Å². The highest BCUT2D eigenvalue weighted by molar-refractivity contribution is 5.03. The molecule has 0 aliphatic carbocycles. The molecule has 0 fully saturated rings. The highest BCUT2D eigenvalue weighted by atomic mass is 15.4. The summed E-state index contributed by atoms with van der Waals surface area (Å²) in [6, 6.07) is 0. The Balaban J connectivity index is 3.93. The second kappa shape index (κ2) is 8.17. The van der Waals surface area contributed by atoms with Gasteiger partial charge in [-0.3, -0.25) is 0 Å². The van der Waals surface area contributed by atoms with Crippen LogP contribution in [-0.4, -0.2) is 13.6 Å². The fourth-order valence-corrected chi connectivity index (χ4v) is 0.785. The van der Waals surface area contributed by atoms with E-state index in [-0.39, 0.29) is 0 Å². The molecule has 0 spiro atoms. The number of hydrogen-bond donors (Lipinski definition) is 4. The summed E-state index contributed by atoms with van der Waals surface area (Å²) >= 11 is 0. The monoisotopic (exact) mass is 212 g/mol. The van der Waals surface area contributed by atoms with Gasteiger partial charge in [0.1, 0.15) is 5.82 Å². The fourth-order valence-electron chi connectivity index (χ4n) is 0.785. The topological polar surface area (TPSA) is 48.1 Å². The normalized spacial score (nSPS) is 11.4. The molecule has 0 aliphatic rings. The van der Waals surface area contributed by atoms with Crippen molar-refractivity contribution in [1.82, 2.24) is 21.5 Å². The third-order valence-electron chi connectivity index (χ3n) is 1.97. The molecule has 0 aliphatic heterocycles. The fraction of sp³-hybridized carbons (Fsp3) is 0.636. The van der Waals surface area contributed by atoms with Crippen LogP contribution in [0.3, 0.4) is 0 Å². The van der Waals surface area contributed by atoms with Gasteiger partial charge in [0.25, 0.3) is 0 Å². The van der Waals surface area contributed by atoms with Gasteiger partial charge in [-0.15, -0.1) is 0 Å². The van der Waals surface area contributed by atoms with Crippen LogP contribution in [0.2, 0.25) is 0 Å². The van der Waals surface area contributed by atoms with Crippen LogP contribution in [0, 0.1) is 5.92 Å². The molecule has 0 atom stereocenters. The van der Waals surface area contributed by atoms with Crippen LogP contribution in [-0.2, 0) is 0 Å². The lowest BCUT2D eigenvalue weighted by molar-refractivity contribution is 0.563. The third-order valence-corrected chi connectivity index (χ3v) is 1.97. The summed E-state index contributed by atoms with van der Waals surface area (Å²) in [5.41, 5.74) is 7.15. The molecule has 15 heavy (non-hydrogen) atoms. The van der Waals surface area contributed by atoms with Crippen LogP contribution in [0.4, 0.5) is 0 Å². The average molecular weight is 212 g/mol. The summed E-state index contributed by atoms with van der Waals surface area (Å²) in [4.78, 5) is 0. The Kier molecular flexibility index (Phi) is 7.54. The second-order valence-corrected chi connectivity index (χ2v) is 3.68. The smallest absolute Gasteiger partial charge is 0.129 e. The zero-order valence-corrected chi connectivity index (χ0v) is 10.3. The van der Waals surface area contributed by atoms with E-state index < -0.39 is 0 Å². The van der Waals surface area contributed by atoms with Crippen molar-refractivity contribution in [2.75, 3.05) is 13.6 Å². The molecular weight excluding hydrogens is 188 g/mol. The SMILES string of the molecule is C=C(N/C=C(\NC)NNCCC)C(C)C. The summed E-state index contributed by atoms with van der Waals surface area (Å²) in [6.07, 6.45) is 2.96. The first kappa shape index (κ1) is 13.8. The predicted octanol–water partition coefficient (Wildman–Crippen LogP) is 1.27. The van der Waals surface area contributed by atoms with E-state index in [4.69, 9.17) is 0 Å². The highest BCUT2D eigenvalue weighted by Gasteiger charge is 1.97. The molecule has 0 aromatic heterocycles. The van der Waals surface area contributed by atoms with Gasteiger partial charge in [0, 0.05) is 25.5 Å². The first-order valence-electron chi connectivity index (χ1n) is 5.43. The minimum atomic E-state index is 0.433. The van der Waals surface area contributed by atoms with Gasteiger partial charge in [0.15, 0.2) is 0 Å². The Hall–Kier alpha value is -1.16. The van der Waals surface area contributed by atoms with E-state index in [1.165, 1.54) is 0 Å². The molecule has 4 nitrogen and oxygen atoms in total. The van der Waals surface area contributed by atoms with Gasteiger partial charge in [-0.25, -0.2) is 5.43 Å². The lowest BCUT2D eigenvalue weighted by atomic mass is 10.2.